The zero-order valence-corrected chi connectivity index (χ0v) is 28.4. The summed E-state index contributed by atoms with van der Waals surface area (Å²) in [6.45, 7) is 0. The molecular formula is C42H20N6O8. The summed E-state index contributed by atoms with van der Waals surface area (Å²) in [7, 11) is 0. The third-order valence-electron chi connectivity index (χ3n) is 12.9. The zero-order valence-electron chi connectivity index (χ0n) is 28.4. The van der Waals surface area contributed by atoms with E-state index >= 15 is 0 Å². The molecule has 14 heteroatoms. The maximum absolute atomic E-state index is 13.4. The molecule has 5 heterocycles. The molecule has 17 rings (SSSR count). The van der Waals surface area contributed by atoms with Crippen LogP contribution in [0.3, 0.4) is 0 Å². The Hall–Kier alpha value is -7.22. The molecule has 0 radical (unpaired) electrons. The molecule has 3 aromatic heterocycles. The van der Waals surface area contributed by atoms with Crippen molar-refractivity contribution >= 4 is 90.9 Å². The molecule has 0 saturated heterocycles. The monoisotopic (exact) mass is 736 g/mol. The Morgan fingerprint density at radius 1 is 0.339 bits per heavy atom. The van der Waals surface area contributed by atoms with E-state index < -0.39 is 93.6 Å². The van der Waals surface area contributed by atoms with Crippen LogP contribution >= 0.6 is 0 Å². The van der Waals surface area contributed by atoms with Crippen molar-refractivity contribution in [3.8, 4) is 0 Å². The van der Waals surface area contributed by atoms with Crippen LogP contribution < -0.4 is 0 Å². The topological polar surface area (TPSA) is 220 Å². The van der Waals surface area contributed by atoms with Gasteiger partial charge in [-0.05, 0) is 34.4 Å². The average Bonchev–Trinajstić information content (AvgIpc) is 3.96. The number of fused-ring (bicyclic) bond motifs is 12. The van der Waals surface area contributed by atoms with Crippen LogP contribution in [0.1, 0.15) is 69.0 Å². The number of allylic oxidation sites excluding steroid dienone is 12. The number of aromatic amines is 2. The van der Waals surface area contributed by atoms with Gasteiger partial charge in [-0.15, -0.1) is 0 Å². The third kappa shape index (κ3) is 3.28. The molecular weight excluding hydrogens is 716 g/mol. The Morgan fingerprint density at radius 2 is 0.643 bits per heavy atom. The van der Waals surface area contributed by atoms with Gasteiger partial charge in [0.25, 0.3) is 0 Å². The second kappa shape index (κ2) is 9.52. The summed E-state index contributed by atoms with van der Waals surface area (Å²) in [6, 6.07) is 3.39. The Bertz CT molecular complexity index is 2740. The van der Waals surface area contributed by atoms with Gasteiger partial charge in [0.1, 0.15) is 11.3 Å². The van der Waals surface area contributed by atoms with Crippen molar-refractivity contribution in [1.82, 2.24) is 29.9 Å². The first kappa shape index (κ1) is 30.1. The highest BCUT2D eigenvalue weighted by atomic mass is 16.2. The number of nitrogens with zero attached hydrogens (tertiary/aromatic N) is 4. The van der Waals surface area contributed by atoms with Gasteiger partial charge in [0, 0.05) is 33.3 Å². The second-order valence-electron chi connectivity index (χ2n) is 15.5. The van der Waals surface area contributed by atoms with Crippen LogP contribution in [0.4, 0.5) is 0 Å². The van der Waals surface area contributed by atoms with Crippen LogP contribution in [0, 0.1) is 23.7 Å². The Labute approximate surface area is 311 Å². The van der Waals surface area contributed by atoms with E-state index in [0.29, 0.717) is 67.0 Å². The van der Waals surface area contributed by atoms with Gasteiger partial charge in [-0.25, -0.2) is 19.9 Å². The molecule has 0 aromatic carbocycles. The smallest absolute Gasteiger partial charge is 0.210 e. The van der Waals surface area contributed by atoms with Crippen LogP contribution in [0.25, 0.3) is 44.6 Å². The molecule has 14 nitrogen and oxygen atoms in total. The first-order chi connectivity index (χ1) is 27.1. The molecule has 0 fully saturated rings. The van der Waals surface area contributed by atoms with Crippen molar-refractivity contribution in [3.63, 3.8) is 0 Å². The quantitative estimate of drug-likeness (QED) is 0.251. The Kier molecular flexibility index (Phi) is 5.13. The fourth-order valence-electron chi connectivity index (χ4n) is 10.5. The van der Waals surface area contributed by atoms with Gasteiger partial charge < -0.3 is 9.97 Å². The van der Waals surface area contributed by atoms with E-state index in [-0.39, 0.29) is 22.9 Å². The van der Waals surface area contributed by atoms with Gasteiger partial charge in [0.15, 0.2) is 11.6 Å². The Balaban J connectivity index is 1.21. The summed E-state index contributed by atoms with van der Waals surface area (Å²) in [5.41, 5.74) is 5.72. The molecule has 16 bridgehead atoms. The molecule has 3 aromatic rings. The lowest BCUT2D eigenvalue weighted by Gasteiger charge is -2.30. The SMILES string of the molecule is O=C1C(=O)C2C=CC1C1=C2c2cc3[nH]c(nc4nc(nc5[nH]c(cc1n2)c1c5C2C=CC1C(=O)C2=O)C1=C4C2C=CC1C(=O)C2=O)c1c3C2C=CC1C(=O)C2=O. The van der Waals surface area contributed by atoms with Gasteiger partial charge >= 0.3 is 0 Å². The largest absolute Gasteiger partial charge is 0.340 e. The van der Waals surface area contributed by atoms with Crippen molar-refractivity contribution in [3.05, 3.63) is 106 Å². The lowest BCUT2D eigenvalue weighted by Crippen LogP contribution is -2.38. The van der Waals surface area contributed by atoms with E-state index in [2.05, 4.69) is 9.97 Å². The predicted molar refractivity (Wildman–Crippen MR) is 192 cm³/mol. The first-order valence-electron chi connectivity index (χ1n) is 18.2. The highest BCUT2D eigenvalue weighted by Crippen LogP contribution is 2.53. The number of Topliss-reactive ketones (excluding diaryl/α,β-unsaturated/α-hetero) is 8. The third-order valence-corrected chi connectivity index (χ3v) is 12.9. The summed E-state index contributed by atoms with van der Waals surface area (Å²) in [6.07, 6.45) is 13.4. The van der Waals surface area contributed by atoms with Crippen molar-refractivity contribution in [2.45, 2.75) is 23.7 Å². The van der Waals surface area contributed by atoms with E-state index in [1.165, 1.54) is 0 Å². The number of hydrogen-bond acceptors (Lipinski definition) is 12. The van der Waals surface area contributed by atoms with Crippen LogP contribution in [0.2, 0.25) is 0 Å². The fourth-order valence-corrected chi connectivity index (χ4v) is 10.5. The van der Waals surface area contributed by atoms with Gasteiger partial charge in [-0.2, -0.15) is 0 Å². The molecule has 56 heavy (non-hydrogen) atoms. The van der Waals surface area contributed by atoms with E-state index in [9.17, 15) is 38.4 Å². The molecule has 266 valence electrons. The normalized spacial score (nSPS) is 30.7. The van der Waals surface area contributed by atoms with Gasteiger partial charge in [0.05, 0.1) is 58.7 Å². The van der Waals surface area contributed by atoms with E-state index in [0.717, 1.165) is 0 Å². The fraction of sp³-hybridized carbons (Fsp3) is 0.190. The highest BCUT2D eigenvalue weighted by Gasteiger charge is 2.51. The first-order valence-corrected chi connectivity index (χ1v) is 18.2. The second-order valence-corrected chi connectivity index (χ2v) is 15.5. The number of carbonyl (C=O) groups is 8. The average molecular weight is 737 g/mol. The van der Waals surface area contributed by atoms with Crippen LogP contribution in [0.5, 0.6) is 0 Å². The standard InChI is InChI=1S/C42H20N6O8/c49-31-11-1-2-12(32(31)50)24-20-10-22-26-14-4-6-16(36(54)34(14)52)28(26)40(45-22)47-42-30-18-8-7-17(37(55)38(18)56)29(30)41(48-42)46-39-27-15-5-3-13(33(51)35(15)53)25(27)21(44-39)9-19(43-20)23(11)24/h1-18H,(H2,44,45,46,47,48). The van der Waals surface area contributed by atoms with Crippen LogP contribution in [0.15, 0.2) is 60.7 Å². The van der Waals surface area contributed by atoms with Crippen LogP contribution in [-0.2, 0) is 38.4 Å². The van der Waals surface area contributed by atoms with Crippen molar-refractivity contribution in [2.75, 3.05) is 0 Å². The Morgan fingerprint density at radius 3 is 1.02 bits per heavy atom. The summed E-state index contributed by atoms with van der Waals surface area (Å²) < 4.78 is 0. The number of rotatable bonds is 0. The molecule has 0 saturated carbocycles. The van der Waals surface area contributed by atoms with E-state index in [4.69, 9.17) is 19.9 Å². The molecule has 0 amide bonds. The van der Waals surface area contributed by atoms with Crippen molar-refractivity contribution < 1.29 is 38.4 Å². The van der Waals surface area contributed by atoms with Gasteiger partial charge in [-0.1, -0.05) is 48.6 Å². The van der Waals surface area contributed by atoms with E-state index in [1.807, 2.05) is 0 Å². The number of H-pyrrole nitrogens is 2. The minimum Gasteiger partial charge on any atom is -0.340 e. The molecule has 8 unspecified atom stereocenters. The summed E-state index contributed by atoms with van der Waals surface area (Å²) in [5.74, 6) is -12.1. The molecule has 8 atom stereocenters. The minimum atomic E-state index is -0.988. The maximum atomic E-state index is 13.4. The summed E-state index contributed by atoms with van der Waals surface area (Å²) in [5, 5.41) is 0. The summed E-state index contributed by atoms with van der Waals surface area (Å²) >= 11 is 0. The number of carbonyl (C=O) groups excluding carboxylic acids is 8. The van der Waals surface area contributed by atoms with E-state index in [1.54, 1.807) is 60.7 Å². The van der Waals surface area contributed by atoms with Gasteiger partial charge in [0.2, 0.25) is 46.3 Å². The van der Waals surface area contributed by atoms with Crippen molar-refractivity contribution in [2.24, 2.45) is 23.7 Å². The number of aromatic nitrogens is 6. The molecule has 2 N–H and O–H groups in total. The minimum absolute atomic E-state index is 0.0865. The van der Waals surface area contributed by atoms with Gasteiger partial charge in [-0.3, -0.25) is 38.4 Å². The van der Waals surface area contributed by atoms with Crippen molar-refractivity contribution in [1.29, 1.82) is 0 Å². The highest BCUT2D eigenvalue weighted by molar-refractivity contribution is 6.49. The lowest BCUT2D eigenvalue weighted by molar-refractivity contribution is -0.138. The molecule has 12 aliphatic carbocycles. The number of hydrogen-bond donors (Lipinski definition) is 2. The zero-order chi connectivity index (χ0) is 37.8. The lowest BCUT2D eigenvalue weighted by atomic mass is 9.68. The maximum Gasteiger partial charge on any atom is 0.210 e. The predicted octanol–water partition coefficient (Wildman–Crippen LogP) is 2.61. The van der Waals surface area contributed by atoms with Crippen LogP contribution in [-0.4, -0.2) is 76.2 Å². The molecule has 0 spiro atoms. The summed E-state index contributed by atoms with van der Waals surface area (Å²) in [4.78, 5) is 133. The number of nitrogens with one attached hydrogen (secondary N) is 2. The molecule has 14 aliphatic rings. The molecule has 2 aliphatic heterocycles. The number of ketones is 8.